The van der Waals surface area contributed by atoms with Crippen LogP contribution in [0.15, 0.2) is 18.2 Å². The van der Waals surface area contributed by atoms with E-state index in [2.05, 4.69) is 15.2 Å². The third-order valence-electron chi connectivity index (χ3n) is 4.53. The highest BCUT2D eigenvalue weighted by Gasteiger charge is 2.32. The van der Waals surface area contributed by atoms with E-state index in [9.17, 15) is 10.1 Å². The van der Waals surface area contributed by atoms with Gasteiger partial charge in [0.15, 0.2) is 0 Å². The molecule has 1 aromatic rings. The van der Waals surface area contributed by atoms with E-state index in [1.165, 1.54) is 19.3 Å². The maximum Gasteiger partial charge on any atom is 0.316 e. The average molecular weight is 291 g/mol. The largest absolute Gasteiger partial charge is 0.363 e. The number of hydrogen-bond acceptors (Lipinski definition) is 6. The van der Waals surface area contributed by atoms with Crippen molar-refractivity contribution in [3.63, 3.8) is 0 Å². The lowest BCUT2D eigenvalue weighted by atomic mass is 9.99. The summed E-state index contributed by atoms with van der Waals surface area (Å²) in [6.07, 6.45) is 3.70. The number of nitrogen functional groups attached to an aromatic ring is 1. The van der Waals surface area contributed by atoms with Gasteiger partial charge in [0, 0.05) is 25.7 Å². The number of para-hydroxylation sites is 1. The lowest BCUT2D eigenvalue weighted by molar-refractivity contribution is -0.383. The second-order valence-corrected chi connectivity index (χ2v) is 5.71. The number of nitrogens with two attached hydrogens (primary N) is 1. The summed E-state index contributed by atoms with van der Waals surface area (Å²) >= 11 is 0. The van der Waals surface area contributed by atoms with Crippen LogP contribution < -0.4 is 16.2 Å². The van der Waals surface area contributed by atoms with Crippen LogP contribution in [0, 0.1) is 10.1 Å². The number of fused-ring (bicyclic) bond motifs is 1. The van der Waals surface area contributed by atoms with Gasteiger partial charge in [-0.3, -0.25) is 20.9 Å². The Morgan fingerprint density at radius 1 is 1.29 bits per heavy atom. The maximum absolute atomic E-state index is 11.4. The zero-order valence-corrected chi connectivity index (χ0v) is 12.0. The molecule has 1 aromatic carbocycles. The van der Waals surface area contributed by atoms with Crippen molar-refractivity contribution in [3.05, 3.63) is 28.3 Å². The lowest BCUT2D eigenvalue weighted by Gasteiger charge is -2.44. The molecule has 7 heteroatoms. The Morgan fingerprint density at radius 3 is 2.90 bits per heavy atom. The number of nitro groups is 1. The summed E-state index contributed by atoms with van der Waals surface area (Å²) in [5, 5.41) is 11.4. The van der Waals surface area contributed by atoms with E-state index in [1.807, 2.05) is 12.1 Å². The molecule has 2 heterocycles. The van der Waals surface area contributed by atoms with Gasteiger partial charge < -0.3 is 10.3 Å². The molecule has 0 radical (unpaired) electrons. The fourth-order valence-corrected chi connectivity index (χ4v) is 3.47. The van der Waals surface area contributed by atoms with Gasteiger partial charge in [0.05, 0.1) is 4.92 Å². The van der Waals surface area contributed by atoms with E-state index in [0.29, 0.717) is 17.4 Å². The maximum atomic E-state index is 11.4. The summed E-state index contributed by atoms with van der Waals surface area (Å²) in [4.78, 5) is 15.7. The number of piperidine rings is 1. The van der Waals surface area contributed by atoms with E-state index < -0.39 is 0 Å². The first-order chi connectivity index (χ1) is 10.2. The Bertz CT molecular complexity index is 536. The molecule has 2 fully saturated rings. The molecule has 0 aromatic heterocycles. The van der Waals surface area contributed by atoms with Crippen LogP contribution in [0.1, 0.15) is 19.3 Å². The molecule has 2 aliphatic rings. The topological polar surface area (TPSA) is 87.7 Å². The summed E-state index contributed by atoms with van der Waals surface area (Å²) in [5.41, 5.74) is 3.54. The number of hydrogen-bond donors (Lipinski definition) is 2. The van der Waals surface area contributed by atoms with Gasteiger partial charge in [-0.25, -0.2) is 0 Å². The first-order valence-electron chi connectivity index (χ1n) is 7.43. The first-order valence-corrected chi connectivity index (χ1v) is 7.43. The third-order valence-corrected chi connectivity index (χ3v) is 4.53. The summed E-state index contributed by atoms with van der Waals surface area (Å²) < 4.78 is 0. The minimum absolute atomic E-state index is 0.0734. The van der Waals surface area contributed by atoms with Crippen molar-refractivity contribution in [2.75, 3.05) is 36.5 Å². The Hall–Kier alpha value is -1.86. The molecular formula is C14H21N5O2. The van der Waals surface area contributed by atoms with Crippen molar-refractivity contribution in [3.8, 4) is 0 Å². The minimum Gasteiger partial charge on any atom is -0.363 e. The van der Waals surface area contributed by atoms with E-state index in [-0.39, 0.29) is 10.6 Å². The van der Waals surface area contributed by atoms with Gasteiger partial charge in [-0.05, 0) is 31.5 Å². The van der Waals surface area contributed by atoms with Crippen LogP contribution in [-0.4, -0.2) is 42.0 Å². The van der Waals surface area contributed by atoms with Gasteiger partial charge in [-0.2, -0.15) is 0 Å². The van der Waals surface area contributed by atoms with Gasteiger partial charge >= 0.3 is 5.69 Å². The number of benzene rings is 1. The molecule has 21 heavy (non-hydrogen) atoms. The van der Waals surface area contributed by atoms with E-state index in [1.54, 1.807) is 6.07 Å². The normalized spacial score (nSPS) is 22.7. The SMILES string of the molecule is NNc1cccc(N2CCN3CCCCC3C2)c1[N+](=O)[O-]. The standard InChI is InChI=1S/C14H21N5O2/c15-16-12-5-3-6-13(14(12)19(20)21)18-9-8-17-7-2-1-4-11(17)10-18/h3,5-6,11,16H,1-2,4,7-10,15H2. The number of hydrazine groups is 1. The second-order valence-electron chi connectivity index (χ2n) is 5.71. The zero-order chi connectivity index (χ0) is 14.8. The predicted molar refractivity (Wildman–Crippen MR) is 82.3 cm³/mol. The van der Waals surface area contributed by atoms with Crippen LogP contribution in [0.5, 0.6) is 0 Å². The molecular weight excluding hydrogens is 270 g/mol. The fourth-order valence-electron chi connectivity index (χ4n) is 3.47. The summed E-state index contributed by atoms with van der Waals surface area (Å²) in [5.74, 6) is 5.41. The number of piperazine rings is 1. The Balaban J connectivity index is 1.88. The summed E-state index contributed by atoms with van der Waals surface area (Å²) in [7, 11) is 0. The van der Waals surface area contributed by atoms with Crippen LogP contribution in [-0.2, 0) is 0 Å². The smallest absolute Gasteiger partial charge is 0.316 e. The second kappa shape index (κ2) is 5.87. The number of nitrogens with one attached hydrogen (secondary N) is 1. The predicted octanol–water partition coefficient (Wildman–Crippen LogP) is 1.55. The van der Waals surface area contributed by atoms with Gasteiger partial charge in [0.25, 0.3) is 0 Å². The Kier molecular flexibility index (Phi) is 3.94. The minimum atomic E-state index is -0.349. The summed E-state index contributed by atoms with van der Waals surface area (Å²) in [6, 6.07) is 5.78. The molecule has 0 amide bonds. The third kappa shape index (κ3) is 2.66. The molecule has 0 saturated carbocycles. The highest BCUT2D eigenvalue weighted by molar-refractivity contribution is 5.76. The van der Waals surface area contributed by atoms with Crippen molar-refractivity contribution in [2.24, 2.45) is 5.84 Å². The quantitative estimate of drug-likeness (QED) is 0.499. The van der Waals surface area contributed by atoms with Crippen molar-refractivity contribution >= 4 is 17.1 Å². The number of nitro benzene ring substituents is 1. The van der Waals surface area contributed by atoms with E-state index in [4.69, 9.17) is 5.84 Å². The highest BCUT2D eigenvalue weighted by Crippen LogP contribution is 2.36. The van der Waals surface area contributed by atoms with Crippen molar-refractivity contribution < 1.29 is 4.92 Å². The van der Waals surface area contributed by atoms with Crippen molar-refractivity contribution in [1.29, 1.82) is 0 Å². The highest BCUT2D eigenvalue weighted by atomic mass is 16.6. The zero-order valence-electron chi connectivity index (χ0n) is 12.0. The molecule has 2 aliphatic heterocycles. The van der Waals surface area contributed by atoms with Crippen molar-refractivity contribution in [1.82, 2.24) is 4.90 Å². The lowest BCUT2D eigenvalue weighted by Crippen LogP contribution is -2.55. The molecule has 7 nitrogen and oxygen atoms in total. The van der Waals surface area contributed by atoms with Gasteiger partial charge in [-0.15, -0.1) is 0 Å². The van der Waals surface area contributed by atoms with Crippen LogP contribution >= 0.6 is 0 Å². The first kappa shape index (κ1) is 14.1. The average Bonchev–Trinajstić information content (AvgIpc) is 2.53. The monoisotopic (exact) mass is 291 g/mol. The van der Waals surface area contributed by atoms with E-state index in [0.717, 1.165) is 26.2 Å². The van der Waals surface area contributed by atoms with Gasteiger partial charge in [0.1, 0.15) is 11.4 Å². The van der Waals surface area contributed by atoms with Crippen LogP contribution in [0.2, 0.25) is 0 Å². The van der Waals surface area contributed by atoms with Crippen molar-refractivity contribution in [2.45, 2.75) is 25.3 Å². The molecule has 3 rings (SSSR count). The Morgan fingerprint density at radius 2 is 2.14 bits per heavy atom. The van der Waals surface area contributed by atoms with E-state index >= 15 is 0 Å². The molecule has 2 saturated heterocycles. The molecule has 0 aliphatic carbocycles. The Labute approximate surface area is 123 Å². The molecule has 1 atom stereocenters. The molecule has 0 spiro atoms. The number of anilines is 2. The number of rotatable bonds is 3. The summed E-state index contributed by atoms with van der Waals surface area (Å²) in [6.45, 7) is 3.81. The van der Waals surface area contributed by atoms with Crippen LogP contribution in [0.3, 0.4) is 0 Å². The molecule has 0 bridgehead atoms. The molecule has 114 valence electrons. The van der Waals surface area contributed by atoms with Gasteiger partial charge in [-0.1, -0.05) is 12.5 Å². The van der Waals surface area contributed by atoms with Crippen LogP contribution in [0.25, 0.3) is 0 Å². The number of nitrogens with zero attached hydrogens (tertiary/aromatic N) is 3. The fraction of sp³-hybridized carbons (Fsp3) is 0.571. The van der Waals surface area contributed by atoms with Crippen LogP contribution in [0.4, 0.5) is 17.1 Å². The van der Waals surface area contributed by atoms with Gasteiger partial charge in [0.2, 0.25) is 0 Å². The molecule has 1 unspecified atom stereocenters. The molecule has 3 N–H and O–H groups in total.